The number of nitrogens with one attached hydrogen (secondary N) is 5. The van der Waals surface area contributed by atoms with Gasteiger partial charge in [-0.1, -0.05) is 0 Å². The lowest BCUT2D eigenvalue weighted by Crippen LogP contribution is -2.44. The van der Waals surface area contributed by atoms with E-state index in [0.717, 1.165) is 0 Å². The van der Waals surface area contributed by atoms with Crippen LogP contribution in [-0.2, 0) is 0 Å². The highest BCUT2D eigenvalue weighted by Gasteiger charge is 2.34. The van der Waals surface area contributed by atoms with Crippen LogP contribution in [0.2, 0.25) is 0 Å². The summed E-state index contributed by atoms with van der Waals surface area (Å²) in [6.45, 7) is 6.12. The maximum absolute atomic E-state index is 12.5. The van der Waals surface area contributed by atoms with Crippen LogP contribution in [0.15, 0.2) is 27.8 Å². The van der Waals surface area contributed by atoms with E-state index in [9.17, 15) is 14.4 Å². The second kappa shape index (κ2) is 6.21. The molecule has 0 aliphatic carbocycles. The Morgan fingerprint density at radius 3 is 2.25 bits per heavy atom. The van der Waals surface area contributed by atoms with E-state index < -0.39 is 11.1 Å². The summed E-state index contributed by atoms with van der Waals surface area (Å²) in [6, 6.07) is 5.25. The Morgan fingerprint density at radius 1 is 1.04 bits per heavy atom. The Hall–Kier alpha value is -2.45. The zero-order valence-corrected chi connectivity index (χ0v) is 13.8. The van der Waals surface area contributed by atoms with Crippen molar-refractivity contribution in [1.29, 1.82) is 0 Å². The Kier molecular flexibility index (Phi) is 4.25. The van der Waals surface area contributed by atoms with E-state index in [1.165, 1.54) is 0 Å². The van der Waals surface area contributed by atoms with Crippen molar-refractivity contribution in [3.05, 3.63) is 44.5 Å². The summed E-state index contributed by atoms with van der Waals surface area (Å²) in [5.74, 6) is 0.0355. The van der Waals surface area contributed by atoms with Crippen molar-refractivity contribution >= 4 is 16.9 Å². The molecule has 3 atom stereocenters. The van der Waals surface area contributed by atoms with Gasteiger partial charge in [0.2, 0.25) is 0 Å². The number of hydrogen-bond donors (Lipinski definition) is 5. The van der Waals surface area contributed by atoms with Crippen molar-refractivity contribution in [2.24, 2.45) is 5.92 Å². The smallest absolute Gasteiger partial charge is 0.314 e. The molecule has 2 heterocycles. The van der Waals surface area contributed by atoms with E-state index >= 15 is 0 Å². The van der Waals surface area contributed by atoms with Gasteiger partial charge in [0, 0.05) is 29.6 Å². The molecule has 1 aliphatic rings. The fourth-order valence-electron chi connectivity index (χ4n) is 3.40. The van der Waals surface area contributed by atoms with Crippen molar-refractivity contribution in [3.8, 4) is 0 Å². The van der Waals surface area contributed by atoms with Crippen LogP contribution >= 0.6 is 0 Å². The average molecular weight is 331 g/mol. The van der Waals surface area contributed by atoms with E-state index in [1.807, 2.05) is 6.92 Å². The third kappa shape index (κ3) is 2.98. The molecular weight excluding hydrogens is 310 g/mol. The normalized spacial score (nSPS) is 24.9. The number of aromatic nitrogens is 2. The fraction of sp³-hybridized carbons (Fsp3) is 0.438. The lowest BCUT2D eigenvalue weighted by molar-refractivity contribution is 0.0923. The molecule has 1 amide bonds. The minimum absolute atomic E-state index is 0.0321. The fourth-order valence-corrected chi connectivity index (χ4v) is 3.40. The summed E-state index contributed by atoms with van der Waals surface area (Å²) in [6.07, 6.45) is 0. The van der Waals surface area contributed by atoms with Gasteiger partial charge in [0.05, 0.1) is 11.0 Å². The molecule has 8 nitrogen and oxygen atoms in total. The Morgan fingerprint density at radius 2 is 1.62 bits per heavy atom. The van der Waals surface area contributed by atoms with Crippen LogP contribution in [0.3, 0.4) is 0 Å². The number of rotatable bonds is 3. The molecule has 0 saturated carbocycles. The van der Waals surface area contributed by atoms with Gasteiger partial charge in [-0.25, -0.2) is 0 Å². The number of H-pyrrole nitrogens is 2. The van der Waals surface area contributed by atoms with Gasteiger partial charge in [-0.3, -0.25) is 25.2 Å². The summed E-state index contributed by atoms with van der Waals surface area (Å²) in [7, 11) is 0. The first-order valence-corrected chi connectivity index (χ1v) is 7.95. The average Bonchev–Trinajstić information content (AvgIpc) is 2.87. The van der Waals surface area contributed by atoms with Gasteiger partial charge in [-0.05, 0) is 39.0 Å². The molecule has 8 heteroatoms. The van der Waals surface area contributed by atoms with Crippen molar-refractivity contribution in [2.75, 3.05) is 0 Å². The third-order valence-corrected chi connectivity index (χ3v) is 4.61. The molecule has 2 aromatic rings. The Bertz CT molecular complexity index is 877. The van der Waals surface area contributed by atoms with Crippen LogP contribution in [0.1, 0.15) is 31.1 Å². The van der Waals surface area contributed by atoms with Gasteiger partial charge in [-0.2, -0.15) is 0 Å². The molecule has 1 fully saturated rings. The Balaban J connectivity index is 1.82. The number of benzene rings is 1. The van der Waals surface area contributed by atoms with E-state index in [1.54, 1.807) is 18.2 Å². The zero-order valence-electron chi connectivity index (χ0n) is 13.8. The third-order valence-electron chi connectivity index (χ3n) is 4.61. The van der Waals surface area contributed by atoms with Crippen LogP contribution < -0.4 is 27.3 Å². The molecule has 1 aromatic heterocycles. The number of carbonyl (C=O) groups is 1. The quantitative estimate of drug-likeness (QED) is 0.501. The summed E-state index contributed by atoms with van der Waals surface area (Å²) in [5.41, 5.74) is 6.23. The molecule has 3 unspecified atom stereocenters. The molecular formula is C16H21N5O3. The summed E-state index contributed by atoms with van der Waals surface area (Å²) < 4.78 is 0. The first-order chi connectivity index (χ1) is 11.4. The predicted molar refractivity (Wildman–Crippen MR) is 90.8 cm³/mol. The van der Waals surface area contributed by atoms with Crippen molar-refractivity contribution in [1.82, 2.24) is 26.1 Å². The van der Waals surface area contributed by atoms with Crippen molar-refractivity contribution in [2.45, 2.75) is 38.9 Å². The van der Waals surface area contributed by atoms with E-state index in [-0.39, 0.29) is 30.0 Å². The van der Waals surface area contributed by atoms with Crippen LogP contribution in [0.25, 0.3) is 11.0 Å². The van der Waals surface area contributed by atoms with Gasteiger partial charge >= 0.3 is 11.1 Å². The lowest BCUT2D eigenvalue weighted by Gasteiger charge is -2.26. The van der Waals surface area contributed by atoms with Crippen molar-refractivity contribution in [3.63, 3.8) is 0 Å². The molecule has 5 N–H and O–H groups in total. The molecule has 1 aliphatic heterocycles. The maximum Gasteiger partial charge on any atom is 0.314 e. The zero-order chi connectivity index (χ0) is 17.4. The van der Waals surface area contributed by atoms with E-state index in [0.29, 0.717) is 16.6 Å². The minimum Gasteiger partial charge on any atom is -0.349 e. The molecule has 3 rings (SSSR count). The number of fused-ring (bicyclic) bond motifs is 1. The molecule has 0 bridgehead atoms. The monoisotopic (exact) mass is 331 g/mol. The molecule has 0 spiro atoms. The highest BCUT2D eigenvalue weighted by molar-refractivity contribution is 5.97. The summed E-state index contributed by atoms with van der Waals surface area (Å²) in [5, 5.41) is 3.01. The summed E-state index contributed by atoms with van der Waals surface area (Å²) >= 11 is 0. The molecule has 1 saturated heterocycles. The van der Waals surface area contributed by atoms with Gasteiger partial charge in [-0.15, -0.1) is 0 Å². The van der Waals surface area contributed by atoms with Gasteiger partial charge in [0.25, 0.3) is 5.91 Å². The number of amides is 1. The number of carbonyl (C=O) groups excluding carboxylic acids is 1. The second-order valence-electron chi connectivity index (χ2n) is 6.37. The van der Waals surface area contributed by atoms with Crippen LogP contribution in [0.5, 0.6) is 0 Å². The number of aromatic amines is 2. The first kappa shape index (κ1) is 16.4. The minimum atomic E-state index is -0.737. The largest absolute Gasteiger partial charge is 0.349 e. The van der Waals surface area contributed by atoms with E-state index in [4.69, 9.17) is 0 Å². The van der Waals surface area contributed by atoms with Crippen LogP contribution in [-0.4, -0.2) is 34.0 Å². The van der Waals surface area contributed by atoms with Crippen LogP contribution in [0.4, 0.5) is 0 Å². The SMILES string of the molecule is CC1NNC(C)C1C(C)NC(=O)c1ccc2[nH]c(=O)c(=O)[nH]c2c1. The number of hydrazine groups is 1. The molecule has 0 radical (unpaired) electrons. The lowest BCUT2D eigenvalue weighted by atomic mass is 9.89. The van der Waals surface area contributed by atoms with Crippen molar-refractivity contribution < 1.29 is 4.79 Å². The number of hydrogen-bond acceptors (Lipinski definition) is 5. The second-order valence-corrected chi connectivity index (χ2v) is 6.37. The molecule has 1 aromatic carbocycles. The van der Waals surface area contributed by atoms with E-state index in [2.05, 4.69) is 40.0 Å². The molecule has 24 heavy (non-hydrogen) atoms. The van der Waals surface area contributed by atoms with Gasteiger partial charge in [0.15, 0.2) is 0 Å². The maximum atomic E-state index is 12.5. The Labute approximate surface area is 138 Å². The summed E-state index contributed by atoms with van der Waals surface area (Å²) in [4.78, 5) is 40.2. The van der Waals surface area contributed by atoms with Gasteiger partial charge in [0.1, 0.15) is 0 Å². The van der Waals surface area contributed by atoms with Crippen LogP contribution in [0, 0.1) is 5.92 Å². The topological polar surface area (TPSA) is 119 Å². The standard InChI is InChI=1S/C16H21N5O3/c1-7(13-8(2)20-21-9(13)3)17-14(22)10-4-5-11-12(6-10)19-16(24)15(23)18-11/h4-9,13,20-21H,1-3H3,(H,17,22)(H,18,23)(H,19,24). The molecule has 128 valence electrons. The van der Waals surface area contributed by atoms with Gasteiger partial charge < -0.3 is 15.3 Å². The first-order valence-electron chi connectivity index (χ1n) is 7.95. The highest BCUT2D eigenvalue weighted by Crippen LogP contribution is 2.19. The predicted octanol–water partition coefficient (Wildman–Crippen LogP) is -0.164. The highest BCUT2D eigenvalue weighted by atomic mass is 16.2.